The third-order valence-electron chi connectivity index (χ3n) is 2.75. The summed E-state index contributed by atoms with van der Waals surface area (Å²) in [6, 6.07) is 12.9. The minimum Gasteiger partial charge on any atom is -0.397 e. The quantitative estimate of drug-likeness (QED) is 0.846. The van der Waals surface area contributed by atoms with Crippen LogP contribution in [-0.2, 0) is 10.0 Å². The van der Waals surface area contributed by atoms with Crippen LogP contribution in [0.1, 0.15) is 11.1 Å². The maximum atomic E-state index is 12.3. The Morgan fingerprint density at radius 1 is 1.20 bits per heavy atom. The zero-order valence-corrected chi connectivity index (χ0v) is 11.6. The fourth-order valence-corrected chi connectivity index (χ4v) is 2.99. The Kier molecular flexibility index (Phi) is 3.63. The average Bonchev–Trinajstić information content (AvgIpc) is 2.42. The molecule has 0 aromatic heterocycles. The summed E-state index contributed by atoms with van der Waals surface area (Å²) in [6.45, 7) is 1.83. The monoisotopic (exact) mass is 287 g/mol. The molecule has 20 heavy (non-hydrogen) atoms. The molecule has 5 nitrogen and oxygen atoms in total. The Morgan fingerprint density at radius 3 is 2.60 bits per heavy atom. The highest BCUT2D eigenvalue weighted by molar-refractivity contribution is 7.92. The van der Waals surface area contributed by atoms with E-state index in [0.29, 0.717) is 11.4 Å². The summed E-state index contributed by atoms with van der Waals surface area (Å²) in [5, 5.41) is 8.98. The van der Waals surface area contributed by atoms with E-state index in [1.54, 1.807) is 30.3 Å². The topological polar surface area (TPSA) is 96.0 Å². The van der Waals surface area contributed by atoms with Crippen LogP contribution in [0.2, 0.25) is 0 Å². The molecular weight excluding hydrogens is 274 g/mol. The lowest BCUT2D eigenvalue weighted by Crippen LogP contribution is -2.15. The number of anilines is 2. The highest BCUT2D eigenvalue weighted by Crippen LogP contribution is 2.24. The number of rotatable bonds is 3. The largest absolute Gasteiger partial charge is 0.397 e. The molecule has 0 saturated heterocycles. The lowest BCUT2D eigenvalue weighted by atomic mass is 10.2. The van der Waals surface area contributed by atoms with Crippen molar-refractivity contribution in [1.29, 1.82) is 5.26 Å². The van der Waals surface area contributed by atoms with E-state index in [1.807, 2.05) is 13.0 Å². The Balaban J connectivity index is 2.47. The Hall–Kier alpha value is -2.52. The fraction of sp³-hybridized carbons (Fsp3) is 0.0714. The minimum atomic E-state index is -3.85. The molecule has 0 atom stereocenters. The third-order valence-corrected chi connectivity index (χ3v) is 4.17. The van der Waals surface area contributed by atoms with Gasteiger partial charge in [0.25, 0.3) is 10.0 Å². The van der Waals surface area contributed by atoms with Gasteiger partial charge in [0.2, 0.25) is 0 Å². The number of nitrogens with one attached hydrogen (secondary N) is 1. The van der Waals surface area contributed by atoms with Crippen molar-refractivity contribution in [2.45, 2.75) is 11.8 Å². The van der Waals surface area contributed by atoms with Crippen LogP contribution in [0.25, 0.3) is 0 Å². The average molecular weight is 287 g/mol. The lowest BCUT2D eigenvalue weighted by Gasteiger charge is -2.11. The molecule has 6 heteroatoms. The second-order valence-electron chi connectivity index (χ2n) is 4.30. The number of aryl methyl sites for hydroxylation is 1. The first-order chi connectivity index (χ1) is 9.44. The predicted octanol–water partition coefficient (Wildman–Crippen LogP) is 2.25. The molecule has 0 saturated carbocycles. The van der Waals surface area contributed by atoms with Gasteiger partial charge in [0, 0.05) is 0 Å². The van der Waals surface area contributed by atoms with Gasteiger partial charge in [-0.25, -0.2) is 8.42 Å². The summed E-state index contributed by atoms with van der Waals surface area (Å²) >= 11 is 0. The van der Waals surface area contributed by atoms with E-state index in [-0.39, 0.29) is 10.5 Å². The van der Waals surface area contributed by atoms with Crippen molar-refractivity contribution in [3.05, 3.63) is 53.6 Å². The van der Waals surface area contributed by atoms with E-state index < -0.39 is 10.0 Å². The van der Waals surface area contributed by atoms with Crippen LogP contribution in [0.5, 0.6) is 0 Å². The summed E-state index contributed by atoms with van der Waals surface area (Å²) in [5.74, 6) is 0. The maximum Gasteiger partial charge on any atom is 0.263 e. The highest BCUT2D eigenvalue weighted by Gasteiger charge is 2.19. The number of nitrogen functional groups attached to an aromatic ring is 1. The molecule has 3 N–H and O–H groups in total. The lowest BCUT2D eigenvalue weighted by molar-refractivity contribution is 0.601. The minimum absolute atomic E-state index is 0.0663. The van der Waals surface area contributed by atoms with E-state index in [0.717, 1.165) is 5.56 Å². The first-order valence-corrected chi connectivity index (χ1v) is 7.30. The Labute approximate surface area is 117 Å². The molecule has 2 aromatic carbocycles. The molecule has 0 unspecified atom stereocenters. The van der Waals surface area contributed by atoms with Gasteiger partial charge in [0.05, 0.1) is 16.9 Å². The third kappa shape index (κ3) is 2.73. The standard InChI is InChI=1S/C14H13N3O2S/c1-10-6-7-12(16)13(8-10)17-20(18,19)14-5-3-2-4-11(14)9-15/h2-8,17H,16H2,1H3. The molecule has 0 spiro atoms. The van der Waals surface area contributed by atoms with Gasteiger partial charge in [-0.2, -0.15) is 5.26 Å². The van der Waals surface area contributed by atoms with E-state index in [2.05, 4.69) is 4.72 Å². The number of sulfonamides is 1. The van der Waals surface area contributed by atoms with Crippen molar-refractivity contribution >= 4 is 21.4 Å². The fourth-order valence-electron chi connectivity index (χ4n) is 1.75. The highest BCUT2D eigenvalue weighted by atomic mass is 32.2. The molecule has 0 aliphatic heterocycles. The van der Waals surface area contributed by atoms with Gasteiger partial charge in [-0.05, 0) is 36.8 Å². The van der Waals surface area contributed by atoms with Gasteiger partial charge in [-0.1, -0.05) is 18.2 Å². The van der Waals surface area contributed by atoms with Crippen molar-refractivity contribution in [2.75, 3.05) is 10.5 Å². The van der Waals surface area contributed by atoms with Crippen LogP contribution in [0.15, 0.2) is 47.4 Å². The smallest absolute Gasteiger partial charge is 0.263 e. The number of nitriles is 1. The summed E-state index contributed by atoms with van der Waals surface area (Å²) in [7, 11) is -3.85. The molecule has 0 fully saturated rings. The van der Waals surface area contributed by atoms with E-state index in [9.17, 15) is 8.42 Å². The predicted molar refractivity (Wildman–Crippen MR) is 77.6 cm³/mol. The first kappa shape index (κ1) is 13.9. The van der Waals surface area contributed by atoms with Gasteiger partial charge < -0.3 is 5.73 Å². The second kappa shape index (κ2) is 5.23. The Morgan fingerprint density at radius 2 is 1.90 bits per heavy atom. The van der Waals surface area contributed by atoms with Crippen LogP contribution in [-0.4, -0.2) is 8.42 Å². The molecule has 0 radical (unpaired) electrons. The Bertz CT molecular complexity index is 792. The molecule has 0 amide bonds. The van der Waals surface area contributed by atoms with Crippen molar-refractivity contribution in [3.63, 3.8) is 0 Å². The molecule has 0 aliphatic rings. The van der Waals surface area contributed by atoms with Crippen LogP contribution in [0.4, 0.5) is 11.4 Å². The van der Waals surface area contributed by atoms with Gasteiger partial charge in [-0.3, -0.25) is 4.72 Å². The van der Waals surface area contributed by atoms with Gasteiger partial charge >= 0.3 is 0 Å². The molecule has 0 bridgehead atoms. The number of nitrogens with zero attached hydrogens (tertiary/aromatic N) is 1. The summed E-state index contributed by atoms with van der Waals surface area (Å²) in [6.07, 6.45) is 0. The maximum absolute atomic E-state index is 12.3. The molecule has 2 aromatic rings. The summed E-state index contributed by atoms with van der Waals surface area (Å²) in [4.78, 5) is -0.0663. The van der Waals surface area contributed by atoms with Crippen molar-refractivity contribution in [3.8, 4) is 6.07 Å². The molecular formula is C14H13N3O2S. The number of benzene rings is 2. The van der Waals surface area contributed by atoms with E-state index in [1.165, 1.54) is 12.1 Å². The van der Waals surface area contributed by atoms with E-state index in [4.69, 9.17) is 11.0 Å². The first-order valence-electron chi connectivity index (χ1n) is 5.82. The molecule has 102 valence electrons. The SMILES string of the molecule is Cc1ccc(N)c(NS(=O)(=O)c2ccccc2C#N)c1. The number of nitrogens with two attached hydrogens (primary N) is 1. The van der Waals surface area contributed by atoms with Crippen LogP contribution >= 0.6 is 0 Å². The second-order valence-corrected chi connectivity index (χ2v) is 5.95. The van der Waals surface area contributed by atoms with Crippen LogP contribution < -0.4 is 10.5 Å². The molecule has 0 aliphatic carbocycles. The van der Waals surface area contributed by atoms with Gasteiger partial charge in [0.15, 0.2) is 0 Å². The summed E-state index contributed by atoms with van der Waals surface area (Å²) in [5.41, 5.74) is 7.35. The number of hydrogen-bond donors (Lipinski definition) is 2. The van der Waals surface area contributed by atoms with Crippen LogP contribution in [0, 0.1) is 18.3 Å². The normalized spacial score (nSPS) is 10.8. The van der Waals surface area contributed by atoms with Crippen molar-refractivity contribution in [1.82, 2.24) is 0 Å². The van der Waals surface area contributed by atoms with Crippen molar-refractivity contribution in [2.24, 2.45) is 0 Å². The summed E-state index contributed by atoms with van der Waals surface area (Å²) < 4.78 is 27.1. The van der Waals surface area contributed by atoms with E-state index >= 15 is 0 Å². The molecule has 0 heterocycles. The van der Waals surface area contributed by atoms with Crippen molar-refractivity contribution < 1.29 is 8.42 Å². The number of hydrogen-bond acceptors (Lipinski definition) is 4. The zero-order chi connectivity index (χ0) is 14.8. The van der Waals surface area contributed by atoms with Crippen LogP contribution in [0.3, 0.4) is 0 Å². The molecule has 2 rings (SSSR count). The van der Waals surface area contributed by atoms with Gasteiger partial charge in [0.1, 0.15) is 11.0 Å². The van der Waals surface area contributed by atoms with Gasteiger partial charge in [-0.15, -0.1) is 0 Å². The zero-order valence-electron chi connectivity index (χ0n) is 10.8.